The van der Waals surface area contributed by atoms with Crippen molar-refractivity contribution < 1.29 is 14.6 Å². The maximum atomic E-state index is 11.9. The van der Waals surface area contributed by atoms with Gasteiger partial charge in [-0.15, -0.1) is 0 Å². The number of nitrogens with zero attached hydrogens (tertiary/aromatic N) is 1. The van der Waals surface area contributed by atoms with E-state index in [4.69, 9.17) is 9.84 Å². The van der Waals surface area contributed by atoms with E-state index in [1.165, 1.54) is 6.42 Å². The molecule has 4 nitrogen and oxygen atoms in total. The molecule has 0 aromatic carbocycles. The number of amides is 1. The van der Waals surface area contributed by atoms with E-state index in [9.17, 15) is 4.79 Å². The lowest BCUT2D eigenvalue weighted by Crippen LogP contribution is -2.38. The summed E-state index contributed by atoms with van der Waals surface area (Å²) in [6.07, 6.45) is 3.05. The van der Waals surface area contributed by atoms with Gasteiger partial charge < -0.3 is 14.7 Å². The summed E-state index contributed by atoms with van der Waals surface area (Å²) in [5, 5.41) is 8.68. The number of ether oxygens (including phenoxy) is 1. The van der Waals surface area contributed by atoms with Crippen molar-refractivity contribution in [2.45, 2.75) is 46.1 Å². The van der Waals surface area contributed by atoms with Crippen LogP contribution in [0.5, 0.6) is 0 Å². The lowest BCUT2D eigenvalue weighted by molar-refractivity contribution is 0.0756. The number of rotatable bonds is 2. The fourth-order valence-corrected chi connectivity index (χ4v) is 3.89. The van der Waals surface area contributed by atoms with Crippen LogP contribution in [0.3, 0.4) is 0 Å². The highest BCUT2D eigenvalue weighted by molar-refractivity contribution is 5.68. The summed E-state index contributed by atoms with van der Waals surface area (Å²) in [6.45, 7) is 7.61. The van der Waals surface area contributed by atoms with E-state index < -0.39 is 0 Å². The molecule has 0 aromatic rings. The largest absolute Gasteiger partial charge is 0.447 e. The molecule has 17 heavy (non-hydrogen) atoms. The minimum absolute atomic E-state index is 0.0994. The summed E-state index contributed by atoms with van der Waals surface area (Å²) < 4.78 is 5.03. The number of carbonyl (C=O) groups excluding carboxylic acids is 1. The first kappa shape index (κ1) is 12.7. The van der Waals surface area contributed by atoms with Crippen molar-refractivity contribution in [3.63, 3.8) is 0 Å². The summed E-state index contributed by atoms with van der Waals surface area (Å²) in [4.78, 5) is 13.8. The lowest BCUT2D eigenvalue weighted by Gasteiger charge is -2.39. The first-order chi connectivity index (χ1) is 7.85. The van der Waals surface area contributed by atoms with Crippen LogP contribution in [-0.4, -0.2) is 41.9 Å². The molecule has 2 rings (SSSR count). The minimum atomic E-state index is -0.259. The average molecular weight is 241 g/mol. The molecule has 1 amide bonds. The van der Waals surface area contributed by atoms with Gasteiger partial charge in [0.05, 0.1) is 6.61 Å². The van der Waals surface area contributed by atoms with Crippen molar-refractivity contribution >= 4 is 6.09 Å². The summed E-state index contributed by atoms with van der Waals surface area (Å²) in [7, 11) is 0. The van der Waals surface area contributed by atoms with E-state index in [1.807, 2.05) is 4.90 Å². The van der Waals surface area contributed by atoms with Crippen LogP contribution in [0.1, 0.15) is 40.0 Å². The highest BCUT2D eigenvalue weighted by atomic mass is 16.6. The van der Waals surface area contributed by atoms with E-state index in [1.54, 1.807) is 0 Å². The van der Waals surface area contributed by atoms with Crippen LogP contribution in [0.15, 0.2) is 0 Å². The van der Waals surface area contributed by atoms with Crippen molar-refractivity contribution in [2.24, 2.45) is 10.8 Å². The van der Waals surface area contributed by atoms with Crippen molar-refractivity contribution in [1.82, 2.24) is 4.90 Å². The zero-order valence-corrected chi connectivity index (χ0v) is 11.0. The molecule has 2 bridgehead atoms. The zero-order chi connectivity index (χ0) is 12.7. The van der Waals surface area contributed by atoms with E-state index in [2.05, 4.69) is 20.8 Å². The van der Waals surface area contributed by atoms with Crippen LogP contribution in [0.2, 0.25) is 0 Å². The Labute approximate surface area is 103 Å². The number of fused-ring (bicyclic) bond motifs is 2. The topological polar surface area (TPSA) is 49.8 Å². The van der Waals surface area contributed by atoms with Crippen LogP contribution in [0.4, 0.5) is 4.79 Å². The van der Waals surface area contributed by atoms with E-state index in [0.717, 1.165) is 19.4 Å². The third-order valence-electron chi connectivity index (χ3n) is 3.97. The monoisotopic (exact) mass is 241 g/mol. The Balaban J connectivity index is 2.05. The smallest absolute Gasteiger partial charge is 0.410 e. The Morgan fingerprint density at radius 3 is 2.76 bits per heavy atom. The van der Waals surface area contributed by atoms with Crippen LogP contribution >= 0.6 is 0 Å². The average Bonchev–Trinajstić information content (AvgIpc) is 2.44. The zero-order valence-electron chi connectivity index (χ0n) is 11.0. The summed E-state index contributed by atoms with van der Waals surface area (Å²) in [6, 6.07) is 0.315. The van der Waals surface area contributed by atoms with Crippen molar-refractivity contribution in [3.05, 3.63) is 0 Å². The van der Waals surface area contributed by atoms with Gasteiger partial charge in [-0.05, 0) is 30.1 Å². The fraction of sp³-hybridized carbons (Fsp3) is 0.923. The minimum Gasteiger partial charge on any atom is -0.447 e. The molecule has 2 fully saturated rings. The van der Waals surface area contributed by atoms with Gasteiger partial charge in [-0.25, -0.2) is 4.79 Å². The lowest BCUT2D eigenvalue weighted by atomic mass is 9.65. The van der Waals surface area contributed by atoms with Gasteiger partial charge in [-0.2, -0.15) is 0 Å². The number of likely N-dealkylation sites (tertiary alicyclic amines) is 1. The van der Waals surface area contributed by atoms with Crippen LogP contribution < -0.4 is 0 Å². The molecule has 0 radical (unpaired) electrons. The van der Waals surface area contributed by atoms with Crippen LogP contribution in [0, 0.1) is 10.8 Å². The molecule has 1 aliphatic heterocycles. The van der Waals surface area contributed by atoms with Gasteiger partial charge in [0, 0.05) is 12.6 Å². The molecule has 2 atom stereocenters. The first-order valence-corrected chi connectivity index (χ1v) is 6.40. The molecular weight excluding hydrogens is 218 g/mol. The maximum Gasteiger partial charge on any atom is 0.410 e. The predicted octanol–water partition coefficient (Wildman–Crippen LogP) is 2.02. The standard InChI is InChI=1S/C13H23NO3/c1-12(2)6-10-7-13(3,8-12)9-14(10)11(16)17-5-4-15/h10,15H,4-9H2,1-3H3. The second-order valence-electron chi connectivity index (χ2n) is 6.68. The predicted molar refractivity (Wildman–Crippen MR) is 64.7 cm³/mol. The molecule has 4 heteroatoms. The second-order valence-corrected chi connectivity index (χ2v) is 6.68. The SMILES string of the molecule is CC1(C)CC2CC(C)(CN2C(=O)OCCO)C1. The van der Waals surface area contributed by atoms with Gasteiger partial charge in [0.15, 0.2) is 0 Å². The number of aliphatic hydroxyl groups is 1. The number of aliphatic hydroxyl groups excluding tert-OH is 1. The Bertz CT molecular complexity index is 316. The molecule has 0 spiro atoms. The van der Waals surface area contributed by atoms with Gasteiger partial charge in [0.25, 0.3) is 0 Å². The quantitative estimate of drug-likeness (QED) is 0.804. The third-order valence-corrected chi connectivity index (χ3v) is 3.97. The second kappa shape index (κ2) is 4.16. The van der Waals surface area contributed by atoms with Gasteiger partial charge in [0.1, 0.15) is 6.61 Å². The molecular formula is C13H23NO3. The fourth-order valence-electron chi connectivity index (χ4n) is 3.89. The number of hydrogen-bond donors (Lipinski definition) is 1. The molecule has 1 N–H and O–H groups in total. The molecule has 1 heterocycles. The molecule has 0 aromatic heterocycles. The van der Waals surface area contributed by atoms with Gasteiger partial charge >= 0.3 is 6.09 Å². The molecule has 2 aliphatic rings. The molecule has 1 saturated carbocycles. The third kappa shape index (κ3) is 2.57. The normalized spacial score (nSPS) is 34.8. The summed E-state index contributed by atoms with van der Waals surface area (Å²) in [5.74, 6) is 0. The Morgan fingerprint density at radius 2 is 2.12 bits per heavy atom. The van der Waals surface area contributed by atoms with Crippen molar-refractivity contribution in [2.75, 3.05) is 19.8 Å². The van der Waals surface area contributed by atoms with E-state index in [0.29, 0.717) is 11.5 Å². The Hall–Kier alpha value is -0.770. The van der Waals surface area contributed by atoms with Crippen LogP contribution in [-0.2, 0) is 4.74 Å². The van der Waals surface area contributed by atoms with Crippen LogP contribution in [0.25, 0.3) is 0 Å². The summed E-state index contributed by atoms with van der Waals surface area (Å²) >= 11 is 0. The molecule has 1 saturated heterocycles. The number of carbonyl (C=O) groups is 1. The highest BCUT2D eigenvalue weighted by Gasteiger charge is 2.51. The molecule has 98 valence electrons. The van der Waals surface area contributed by atoms with Gasteiger partial charge in [-0.3, -0.25) is 0 Å². The Morgan fingerprint density at radius 1 is 1.41 bits per heavy atom. The van der Waals surface area contributed by atoms with Crippen molar-refractivity contribution in [3.8, 4) is 0 Å². The van der Waals surface area contributed by atoms with Crippen molar-refractivity contribution in [1.29, 1.82) is 0 Å². The van der Waals surface area contributed by atoms with E-state index in [-0.39, 0.29) is 24.7 Å². The molecule has 2 unspecified atom stereocenters. The Kier molecular flexibility index (Phi) is 3.10. The first-order valence-electron chi connectivity index (χ1n) is 6.40. The summed E-state index contributed by atoms with van der Waals surface area (Å²) in [5.41, 5.74) is 0.550. The molecule has 1 aliphatic carbocycles. The van der Waals surface area contributed by atoms with Gasteiger partial charge in [-0.1, -0.05) is 20.8 Å². The van der Waals surface area contributed by atoms with Gasteiger partial charge in [0.2, 0.25) is 0 Å². The number of hydrogen-bond acceptors (Lipinski definition) is 3. The van der Waals surface area contributed by atoms with E-state index >= 15 is 0 Å². The maximum absolute atomic E-state index is 11.9. The highest BCUT2D eigenvalue weighted by Crippen LogP contribution is 2.52.